The Morgan fingerprint density at radius 3 is 2.68 bits per heavy atom. The molecular weight excluding hydrogens is 568 g/mol. The van der Waals surface area contributed by atoms with Gasteiger partial charge in [0.25, 0.3) is 5.91 Å². The van der Waals surface area contributed by atoms with Gasteiger partial charge in [-0.05, 0) is 64.9 Å². The summed E-state index contributed by atoms with van der Waals surface area (Å²) in [7, 11) is 1.49. The minimum atomic E-state index is -0.406. The maximum atomic E-state index is 12.7. The number of benzene rings is 2. The standard InChI is InChI=1S/C20H18Br2N4O3S2/c1-3-4-16(27)25-20-24-14-6-5-11(9-15(14)31-20)23-19(30)26-18(28)12-7-10(21)8-13(22)17(12)29-2/h5-9H,3-4H2,1-2H3,(H,24,25,27)(H2,23,26,28,30). The SMILES string of the molecule is CCCC(=O)Nc1nc2ccc(NC(=S)NC(=O)c3cc(Br)cc(Br)c3OC)cc2s1. The summed E-state index contributed by atoms with van der Waals surface area (Å²) in [6.45, 7) is 1.95. The van der Waals surface area contributed by atoms with E-state index >= 15 is 0 Å². The molecule has 0 aliphatic rings. The third-order valence-corrected chi connectivity index (χ3v) is 6.24. The second kappa shape index (κ2) is 10.5. The summed E-state index contributed by atoms with van der Waals surface area (Å²) < 4.78 is 7.56. The Bertz CT molecular complexity index is 1170. The van der Waals surface area contributed by atoms with E-state index in [-0.39, 0.29) is 11.0 Å². The van der Waals surface area contributed by atoms with Crippen LogP contribution in [0.3, 0.4) is 0 Å². The number of anilines is 2. The number of carbonyl (C=O) groups is 2. The minimum Gasteiger partial charge on any atom is -0.495 e. The van der Waals surface area contributed by atoms with E-state index < -0.39 is 5.91 Å². The Balaban J connectivity index is 1.70. The van der Waals surface area contributed by atoms with E-state index in [1.807, 2.05) is 19.1 Å². The van der Waals surface area contributed by atoms with Crippen molar-refractivity contribution in [3.8, 4) is 5.75 Å². The quantitative estimate of drug-likeness (QED) is 0.322. The number of ether oxygens (including phenoxy) is 1. The van der Waals surface area contributed by atoms with Crippen molar-refractivity contribution >= 4 is 93.4 Å². The van der Waals surface area contributed by atoms with E-state index in [1.54, 1.807) is 18.2 Å². The Morgan fingerprint density at radius 2 is 1.97 bits per heavy atom. The highest BCUT2D eigenvalue weighted by Crippen LogP contribution is 2.33. The molecule has 0 aliphatic carbocycles. The number of amides is 2. The molecular formula is C20H18Br2N4O3S2. The van der Waals surface area contributed by atoms with Gasteiger partial charge >= 0.3 is 0 Å². The number of halogens is 2. The molecule has 0 unspecified atom stereocenters. The van der Waals surface area contributed by atoms with Gasteiger partial charge in [0.2, 0.25) is 5.91 Å². The zero-order valence-corrected chi connectivity index (χ0v) is 21.4. The summed E-state index contributed by atoms with van der Waals surface area (Å²) in [5.41, 5.74) is 1.79. The fourth-order valence-corrected chi connectivity index (χ4v) is 5.25. The maximum absolute atomic E-state index is 12.7. The van der Waals surface area contributed by atoms with Crippen molar-refractivity contribution in [2.24, 2.45) is 0 Å². The number of aromatic nitrogens is 1. The monoisotopic (exact) mass is 584 g/mol. The third-order valence-electron chi connectivity index (χ3n) is 4.05. The zero-order chi connectivity index (χ0) is 22.5. The molecule has 0 saturated heterocycles. The van der Waals surface area contributed by atoms with Crippen molar-refractivity contribution in [3.05, 3.63) is 44.8 Å². The molecule has 1 heterocycles. The number of hydrogen-bond donors (Lipinski definition) is 3. The highest BCUT2D eigenvalue weighted by Gasteiger charge is 2.17. The van der Waals surface area contributed by atoms with Crippen LogP contribution in [0.15, 0.2) is 39.3 Å². The third kappa shape index (κ3) is 6.00. The highest BCUT2D eigenvalue weighted by atomic mass is 79.9. The molecule has 3 rings (SSSR count). The van der Waals surface area contributed by atoms with Gasteiger partial charge in [0.05, 0.1) is 27.4 Å². The molecule has 162 valence electrons. The predicted molar refractivity (Wildman–Crippen MR) is 135 cm³/mol. The van der Waals surface area contributed by atoms with Gasteiger partial charge in [-0.3, -0.25) is 14.9 Å². The normalized spacial score (nSPS) is 10.6. The predicted octanol–water partition coefficient (Wildman–Crippen LogP) is 5.70. The van der Waals surface area contributed by atoms with Gasteiger partial charge in [-0.1, -0.05) is 34.2 Å². The number of fused-ring (bicyclic) bond motifs is 1. The van der Waals surface area contributed by atoms with E-state index in [4.69, 9.17) is 17.0 Å². The number of hydrogen-bond acceptors (Lipinski definition) is 6. The number of carbonyl (C=O) groups excluding carboxylic acids is 2. The molecule has 2 amide bonds. The molecule has 0 saturated carbocycles. The number of thiazole rings is 1. The summed E-state index contributed by atoms with van der Waals surface area (Å²) in [5, 5.41) is 9.15. The molecule has 7 nitrogen and oxygen atoms in total. The van der Waals surface area contributed by atoms with Crippen LogP contribution in [0.1, 0.15) is 30.1 Å². The van der Waals surface area contributed by atoms with Crippen LogP contribution in [0.25, 0.3) is 10.2 Å². The summed E-state index contributed by atoms with van der Waals surface area (Å²) in [6, 6.07) is 8.92. The molecule has 31 heavy (non-hydrogen) atoms. The van der Waals surface area contributed by atoms with E-state index in [9.17, 15) is 9.59 Å². The van der Waals surface area contributed by atoms with Crippen LogP contribution in [0.2, 0.25) is 0 Å². The summed E-state index contributed by atoms with van der Waals surface area (Å²) in [4.78, 5) is 28.9. The molecule has 3 aromatic rings. The Morgan fingerprint density at radius 1 is 1.19 bits per heavy atom. The van der Waals surface area contributed by atoms with Crippen LogP contribution >= 0.6 is 55.4 Å². The number of nitrogens with zero attached hydrogens (tertiary/aromatic N) is 1. The van der Waals surface area contributed by atoms with Gasteiger partial charge in [0.15, 0.2) is 10.2 Å². The number of rotatable bonds is 6. The van der Waals surface area contributed by atoms with Crippen molar-refractivity contribution in [1.82, 2.24) is 10.3 Å². The molecule has 0 bridgehead atoms. The van der Waals surface area contributed by atoms with E-state index in [0.717, 1.165) is 21.1 Å². The lowest BCUT2D eigenvalue weighted by Crippen LogP contribution is -2.34. The number of nitrogens with one attached hydrogen (secondary N) is 3. The molecule has 11 heteroatoms. The van der Waals surface area contributed by atoms with Crippen LogP contribution in [-0.2, 0) is 4.79 Å². The molecule has 0 spiro atoms. The molecule has 0 aliphatic heterocycles. The molecule has 0 fully saturated rings. The number of methoxy groups -OCH3 is 1. The maximum Gasteiger partial charge on any atom is 0.261 e. The lowest BCUT2D eigenvalue weighted by atomic mass is 10.2. The van der Waals surface area contributed by atoms with E-state index in [0.29, 0.717) is 33.0 Å². The van der Waals surface area contributed by atoms with Crippen LogP contribution < -0.4 is 20.7 Å². The zero-order valence-electron chi connectivity index (χ0n) is 16.5. The smallest absolute Gasteiger partial charge is 0.261 e. The van der Waals surface area contributed by atoms with Gasteiger partial charge in [0.1, 0.15) is 5.75 Å². The average molecular weight is 586 g/mol. The molecule has 3 N–H and O–H groups in total. The minimum absolute atomic E-state index is 0.0570. The van der Waals surface area contributed by atoms with Crippen molar-refractivity contribution in [3.63, 3.8) is 0 Å². The topological polar surface area (TPSA) is 92.4 Å². The first-order chi connectivity index (χ1) is 14.8. The number of thiocarbonyl (C=S) groups is 1. The fraction of sp³-hybridized carbons (Fsp3) is 0.200. The Labute approximate surface area is 205 Å². The van der Waals surface area contributed by atoms with Gasteiger partial charge in [-0.15, -0.1) is 0 Å². The van der Waals surface area contributed by atoms with Crippen LogP contribution in [0, 0.1) is 0 Å². The van der Waals surface area contributed by atoms with Gasteiger partial charge in [0, 0.05) is 16.6 Å². The summed E-state index contributed by atoms with van der Waals surface area (Å²) in [6.07, 6.45) is 1.23. The van der Waals surface area contributed by atoms with Crippen LogP contribution in [0.4, 0.5) is 10.8 Å². The first-order valence-electron chi connectivity index (χ1n) is 9.16. The molecule has 0 radical (unpaired) electrons. The first kappa shape index (κ1) is 23.6. The summed E-state index contributed by atoms with van der Waals surface area (Å²) >= 11 is 13.4. The second-order valence-electron chi connectivity index (χ2n) is 6.38. The summed E-state index contributed by atoms with van der Waals surface area (Å²) in [5.74, 6) is -0.0539. The van der Waals surface area contributed by atoms with Crippen molar-refractivity contribution in [2.75, 3.05) is 17.7 Å². The second-order valence-corrected chi connectivity index (χ2v) is 9.59. The van der Waals surface area contributed by atoms with Crippen molar-refractivity contribution in [2.45, 2.75) is 19.8 Å². The average Bonchev–Trinajstić information content (AvgIpc) is 3.08. The van der Waals surface area contributed by atoms with Gasteiger partial charge in [-0.2, -0.15) is 0 Å². The Kier molecular flexibility index (Phi) is 7.98. The first-order valence-corrected chi connectivity index (χ1v) is 12.0. The molecule has 0 atom stereocenters. The van der Waals surface area contributed by atoms with E-state index in [2.05, 4.69) is 52.8 Å². The van der Waals surface area contributed by atoms with Crippen LogP contribution in [0.5, 0.6) is 5.75 Å². The van der Waals surface area contributed by atoms with Gasteiger partial charge in [-0.25, -0.2) is 4.98 Å². The lowest BCUT2D eigenvalue weighted by molar-refractivity contribution is -0.116. The molecule has 2 aromatic carbocycles. The van der Waals surface area contributed by atoms with Crippen LogP contribution in [-0.4, -0.2) is 29.0 Å². The van der Waals surface area contributed by atoms with E-state index in [1.165, 1.54) is 18.4 Å². The lowest BCUT2D eigenvalue weighted by Gasteiger charge is -2.13. The fourth-order valence-electron chi connectivity index (χ4n) is 2.73. The van der Waals surface area contributed by atoms with Gasteiger partial charge < -0.3 is 15.4 Å². The highest BCUT2D eigenvalue weighted by molar-refractivity contribution is 9.11. The van der Waals surface area contributed by atoms with Crippen molar-refractivity contribution < 1.29 is 14.3 Å². The Hall–Kier alpha value is -2.08. The largest absolute Gasteiger partial charge is 0.495 e. The van der Waals surface area contributed by atoms with Crippen molar-refractivity contribution in [1.29, 1.82) is 0 Å². The molecule has 1 aromatic heterocycles.